The molecule has 0 aromatic heterocycles. The number of phenols is 1. The van der Waals surface area contributed by atoms with E-state index in [9.17, 15) is 4.39 Å². The molecule has 0 aliphatic carbocycles. The van der Waals surface area contributed by atoms with Crippen molar-refractivity contribution in [1.29, 1.82) is 0 Å². The van der Waals surface area contributed by atoms with Crippen molar-refractivity contribution >= 4 is 5.69 Å². The topological polar surface area (TPSA) is 32.3 Å². The highest BCUT2D eigenvalue weighted by Crippen LogP contribution is 2.32. The zero-order chi connectivity index (χ0) is 8.72. The Kier molecular flexibility index (Phi) is 1.46. The van der Waals surface area contributed by atoms with Crippen LogP contribution in [0.25, 0.3) is 0 Å². The third-order valence-electron chi connectivity index (χ3n) is 2.14. The molecular formula is C9H10FNO. The molecule has 12 heavy (non-hydrogen) atoms. The molecular weight excluding hydrogens is 157 g/mol. The summed E-state index contributed by atoms with van der Waals surface area (Å²) in [7, 11) is 0. The summed E-state index contributed by atoms with van der Waals surface area (Å²) in [6.07, 6.45) is 0.648. The van der Waals surface area contributed by atoms with Gasteiger partial charge >= 0.3 is 0 Å². The minimum Gasteiger partial charge on any atom is -0.505 e. The number of halogens is 1. The Morgan fingerprint density at radius 3 is 3.08 bits per heavy atom. The van der Waals surface area contributed by atoms with E-state index in [-0.39, 0.29) is 11.8 Å². The number of phenolic OH excluding ortho intramolecular Hbond substituents is 1. The van der Waals surface area contributed by atoms with E-state index in [1.165, 1.54) is 6.07 Å². The largest absolute Gasteiger partial charge is 0.505 e. The van der Waals surface area contributed by atoms with Crippen LogP contribution >= 0.6 is 0 Å². The fourth-order valence-corrected chi connectivity index (χ4v) is 1.57. The monoisotopic (exact) mass is 167 g/mol. The van der Waals surface area contributed by atoms with E-state index in [4.69, 9.17) is 5.11 Å². The third kappa shape index (κ3) is 0.932. The highest BCUT2D eigenvalue weighted by Gasteiger charge is 2.21. The molecule has 1 aliphatic rings. The number of rotatable bonds is 0. The van der Waals surface area contributed by atoms with Crippen LogP contribution in [0.15, 0.2) is 12.1 Å². The third-order valence-corrected chi connectivity index (χ3v) is 2.14. The van der Waals surface area contributed by atoms with Crippen molar-refractivity contribution in [3.05, 3.63) is 23.5 Å². The maximum atomic E-state index is 13.2. The van der Waals surface area contributed by atoms with Gasteiger partial charge in [0.15, 0.2) is 11.6 Å². The summed E-state index contributed by atoms with van der Waals surface area (Å²) in [6, 6.07) is 3.34. The molecule has 64 valence electrons. The number of benzene rings is 1. The fraction of sp³-hybridized carbons (Fsp3) is 0.333. The van der Waals surface area contributed by atoms with Crippen molar-refractivity contribution in [3.8, 4) is 5.75 Å². The zero-order valence-electron chi connectivity index (χ0n) is 6.76. The maximum absolute atomic E-state index is 13.2. The lowest BCUT2D eigenvalue weighted by Crippen LogP contribution is -2.08. The van der Waals surface area contributed by atoms with Crippen molar-refractivity contribution in [2.24, 2.45) is 0 Å². The Hall–Kier alpha value is -1.25. The van der Waals surface area contributed by atoms with E-state index in [0.717, 1.165) is 5.69 Å². The lowest BCUT2D eigenvalue weighted by Gasteiger charge is -2.02. The van der Waals surface area contributed by atoms with Crippen molar-refractivity contribution < 1.29 is 9.50 Å². The fourth-order valence-electron chi connectivity index (χ4n) is 1.57. The molecule has 0 saturated carbocycles. The number of hydrogen-bond donors (Lipinski definition) is 2. The highest BCUT2D eigenvalue weighted by atomic mass is 19.1. The highest BCUT2D eigenvalue weighted by molar-refractivity contribution is 5.59. The SMILES string of the molecule is CC1Cc2c(ccc(O)c2F)N1. The maximum Gasteiger partial charge on any atom is 0.170 e. The molecule has 1 aliphatic heterocycles. The quantitative estimate of drug-likeness (QED) is 0.578. The second-order valence-electron chi connectivity index (χ2n) is 3.17. The van der Waals surface area contributed by atoms with E-state index in [2.05, 4.69) is 5.32 Å². The summed E-state index contributed by atoms with van der Waals surface area (Å²) in [5, 5.41) is 12.2. The molecule has 2 rings (SSSR count). The Bertz CT molecular complexity index is 325. The van der Waals surface area contributed by atoms with Gasteiger partial charge in [0.2, 0.25) is 0 Å². The van der Waals surface area contributed by atoms with Crippen molar-refractivity contribution in [1.82, 2.24) is 0 Å². The summed E-state index contributed by atoms with van der Waals surface area (Å²) in [6.45, 7) is 1.98. The first-order chi connectivity index (χ1) is 5.68. The Balaban J connectivity index is 2.54. The van der Waals surface area contributed by atoms with E-state index in [0.29, 0.717) is 12.0 Å². The smallest absolute Gasteiger partial charge is 0.170 e. The normalized spacial score (nSPS) is 20.3. The minimum absolute atomic E-state index is 0.260. The summed E-state index contributed by atoms with van der Waals surface area (Å²) < 4.78 is 13.2. The molecule has 3 heteroatoms. The van der Waals surface area contributed by atoms with Crippen molar-refractivity contribution in [2.45, 2.75) is 19.4 Å². The Morgan fingerprint density at radius 1 is 1.58 bits per heavy atom. The molecule has 0 amide bonds. The van der Waals surface area contributed by atoms with Crippen molar-refractivity contribution in [2.75, 3.05) is 5.32 Å². The molecule has 0 spiro atoms. The predicted molar refractivity (Wildman–Crippen MR) is 44.9 cm³/mol. The van der Waals surface area contributed by atoms with Gasteiger partial charge in [0, 0.05) is 17.3 Å². The number of hydrogen-bond acceptors (Lipinski definition) is 2. The number of aromatic hydroxyl groups is 1. The Morgan fingerprint density at radius 2 is 2.33 bits per heavy atom. The molecule has 1 heterocycles. The van der Waals surface area contributed by atoms with Gasteiger partial charge in [-0.1, -0.05) is 0 Å². The molecule has 0 radical (unpaired) electrons. The Labute approximate surface area is 70.0 Å². The van der Waals surface area contributed by atoms with Crippen LogP contribution in [0.4, 0.5) is 10.1 Å². The molecule has 2 N–H and O–H groups in total. The average Bonchev–Trinajstić information content (AvgIpc) is 2.39. The van der Waals surface area contributed by atoms with Crippen LogP contribution < -0.4 is 5.32 Å². The summed E-state index contributed by atoms with van der Waals surface area (Å²) in [5.41, 5.74) is 1.40. The van der Waals surface area contributed by atoms with Gasteiger partial charge < -0.3 is 10.4 Å². The molecule has 1 aromatic carbocycles. The van der Waals surface area contributed by atoms with Gasteiger partial charge in [-0.3, -0.25) is 0 Å². The number of anilines is 1. The van der Waals surface area contributed by atoms with Crippen LogP contribution in [0, 0.1) is 5.82 Å². The van der Waals surface area contributed by atoms with Gasteiger partial charge in [0.05, 0.1) is 0 Å². The average molecular weight is 167 g/mol. The van der Waals surface area contributed by atoms with Crippen LogP contribution in [0.3, 0.4) is 0 Å². The summed E-state index contributed by atoms with van der Waals surface area (Å²) >= 11 is 0. The lowest BCUT2D eigenvalue weighted by molar-refractivity contribution is 0.429. The van der Waals surface area contributed by atoms with E-state index in [1.807, 2.05) is 6.92 Å². The van der Waals surface area contributed by atoms with Gasteiger partial charge in [0.1, 0.15) is 0 Å². The van der Waals surface area contributed by atoms with Gasteiger partial charge in [-0.15, -0.1) is 0 Å². The first-order valence-corrected chi connectivity index (χ1v) is 3.95. The second-order valence-corrected chi connectivity index (χ2v) is 3.17. The van der Waals surface area contributed by atoms with Gasteiger partial charge in [-0.25, -0.2) is 4.39 Å². The van der Waals surface area contributed by atoms with Crippen LogP contribution in [0.2, 0.25) is 0 Å². The van der Waals surface area contributed by atoms with Gasteiger partial charge in [-0.2, -0.15) is 0 Å². The lowest BCUT2D eigenvalue weighted by atomic mass is 10.1. The summed E-state index contributed by atoms with van der Waals surface area (Å²) in [5.74, 6) is -0.742. The molecule has 1 unspecified atom stereocenters. The minimum atomic E-state index is -0.482. The van der Waals surface area contributed by atoms with Crippen LogP contribution in [0.1, 0.15) is 12.5 Å². The van der Waals surface area contributed by atoms with Crippen LogP contribution in [0.5, 0.6) is 5.75 Å². The standard InChI is InChI=1S/C9H10FNO/c1-5-4-6-7(11-5)2-3-8(12)9(6)10/h2-3,5,11-12H,4H2,1H3. The summed E-state index contributed by atoms with van der Waals surface area (Å²) in [4.78, 5) is 0. The molecule has 2 nitrogen and oxygen atoms in total. The van der Waals surface area contributed by atoms with Crippen LogP contribution in [-0.2, 0) is 6.42 Å². The van der Waals surface area contributed by atoms with Crippen molar-refractivity contribution in [3.63, 3.8) is 0 Å². The first-order valence-electron chi connectivity index (χ1n) is 3.95. The second kappa shape index (κ2) is 2.37. The predicted octanol–water partition coefficient (Wildman–Crippen LogP) is 1.89. The van der Waals surface area contributed by atoms with Crippen LogP contribution in [-0.4, -0.2) is 11.1 Å². The van der Waals surface area contributed by atoms with Gasteiger partial charge in [0.25, 0.3) is 0 Å². The van der Waals surface area contributed by atoms with Gasteiger partial charge in [-0.05, 0) is 25.5 Å². The molecule has 1 atom stereocenters. The molecule has 0 fully saturated rings. The number of nitrogens with one attached hydrogen (secondary N) is 1. The zero-order valence-corrected chi connectivity index (χ0v) is 6.76. The van der Waals surface area contributed by atoms with E-state index >= 15 is 0 Å². The van der Waals surface area contributed by atoms with E-state index in [1.54, 1.807) is 6.07 Å². The van der Waals surface area contributed by atoms with E-state index < -0.39 is 5.82 Å². The molecule has 0 saturated heterocycles. The first kappa shape index (κ1) is 7.40. The number of fused-ring (bicyclic) bond motifs is 1. The molecule has 1 aromatic rings. The molecule has 0 bridgehead atoms.